The second-order valence-corrected chi connectivity index (χ2v) is 4.08. The zero-order valence-corrected chi connectivity index (χ0v) is 9.65. The van der Waals surface area contributed by atoms with Gasteiger partial charge in [0.25, 0.3) is 0 Å². The number of hydrogen-bond acceptors (Lipinski definition) is 3. The van der Waals surface area contributed by atoms with E-state index in [2.05, 4.69) is 0 Å². The molecule has 0 aliphatic heterocycles. The highest BCUT2D eigenvalue weighted by Gasteiger charge is 2.27. The highest BCUT2D eigenvalue weighted by Crippen LogP contribution is 2.16. The number of halogens is 1. The molecule has 0 unspecified atom stereocenters. The Kier molecular flexibility index (Phi) is 4.45. The minimum Gasteiger partial charge on any atom is -0.491 e. The van der Waals surface area contributed by atoms with Gasteiger partial charge in [-0.1, -0.05) is 12.1 Å². The first-order chi connectivity index (χ1) is 7.95. The Balaban J connectivity index is 2.65. The van der Waals surface area contributed by atoms with Crippen LogP contribution in [0.1, 0.15) is 12.5 Å². The normalized spacial score (nSPS) is 14.1. The number of hydrogen-bond donors (Lipinski definition) is 2. The van der Waals surface area contributed by atoms with Crippen LogP contribution in [0.25, 0.3) is 0 Å². The van der Waals surface area contributed by atoms with Gasteiger partial charge in [0.1, 0.15) is 24.6 Å². The predicted octanol–water partition coefficient (Wildman–Crippen LogP) is 1.38. The molecule has 0 aliphatic carbocycles. The summed E-state index contributed by atoms with van der Waals surface area (Å²) in [5.74, 6) is -0.490. The molecule has 1 atom stereocenters. The molecule has 1 rings (SSSR count). The zero-order chi connectivity index (χ0) is 12.9. The third-order valence-corrected chi connectivity index (χ3v) is 2.33. The van der Waals surface area contributed by atoms with E-state index in [1.807, 2.05) is 0 Å². The van der Waals surface area contributed by atoms with Gasteiger partial charge in [0.05, 0.1) is 0 Å². The van der Waals surface area contributed by atoms with Crippen LogP contribution in [0.15, 0.2) is 24.3 Å². The van der Waals surface area contributed by atoms with Crippen molar-refractivity contribution in [1.29, 1.82) is 0 Å². The van der Waals surface area contributed by atoms with Gasteiger partial charge in [-0.15, -0.1) is 0 Å². The standard InChI is InChI=1S/C12H16FNO3/c1-12(14,11(15)16)8-9-2-4-10(5-3-9)17-7-6-13/h2-5H,6-8,14H2,1H3,(H,15,16)/t12-/m0/s1/i13-1. The molecule has 17 heavy (non-hydrogen) atoms. The zero-order valence-electron chi connectivity index (χ0n) is 9.65. The first-order valence-electron chi connectivity index (χ1n) is 5.25. The fourth-order valence-electron chi connectivity index (χ4n) is 1.36. The quantitative estimate of drug-likeness (QED) is 0.788. The smallest absolute Gasteiger partial charge is 0.323 e. The molecule has 0 radical (unpaired) electrons. The number of benzene rings is 1. The number of carboxylic acid groups (broad SMARTS) is 1. The summed E-state index contributed by atoms with van der Waals surface area (Å²) in [5.41, 5.74) is 5.14. The summed E-state index contributed by atoms with van der Waals surface area (Å²) >= 11 is 0. The van der Waals surface area contributed by atoms with Crippen LogP contribution in [0.2, 0.25) is 0 Å². The summed E-state index contributed by atoms with van der Waals surface area (Å²) in [4.78, 5) is 10.8. The van der Waals surface area contributed by atoms with Crippen LogP contribution in [0, 0.1) is 0 Å². The second-order valence-electron chi connectivity index (χ2n) is 4.08. The molecule has 0 spiro atoms. The van der Waals surface area contributed by atoms with Gasteiger partial charge in [-0.3, -0.25) is 4.79 Å². The number of nitrogens with two attached hydrogens (primary N) is 1. The molecular formula is C12H16FNO3. The maximum atomic E-state index is 11.9. The lowest BCUT2D eigenvalue weighted by Gasteiger charge is -2.19. The van der Waals surface area contributed by atoms with Gasteiger partial charge < -0.3 is 15.6 Å². The Morgan fingerprint density at radius 1 is 1.47 bits per heavy atom. The summed E-state index contributed by atoms with van der Waals surface area (Å²) < 4.78 is 16.9. The lowest BCUT2D eigenvalue weighted by molar-refractivity contribution is -0.142. The van der Waals surface area contributed by atoms with Crippen molar-refractivity contribution >= 4 is 5.97 Å². The highest BCUT2D eigenvalue weighted by atomic mass is 18.2. The van der Waals surface area contributed by atoms with Crippen molar-refractivity contribution in [3.63, 3.8) is 0 Å². The molecule has 0 heterocycles. The van der Waals surface area contributed by atoms with Gasteiger partial charge in [-0.25, -0.2) is 4.39 Å². The molecular weight excluding hydrogens is 224 g/mol. The van der Waals surface area contributed by atoms with E-state index in [4.69, 9.17) is 15.6 Å². The molecule has 0 saturated heterocycles. The highest BCUT2D eigenvalue weighted by molar-refractivity contribution is 5.78. The fraction of sp³-hybridized carbons (Fsp3) is 0.417. The molecule has 1 aromatic carbocycles. The summed E-state index contributed by atoms with van der Waals surface area (Å²) in [5, 5.41) is 8.88. The van der Waals surface area contributed by atoms with Crippen LogP contribution in [-0.2, 0) is 11.2 Å². The van der Waals surface area contributed by atoms with E-state index in [0.717, 1.165) is 5.56 Å². The molecule has 0 amide bonds. The summed E-state index contributed by atoms with van der Waals surface area (Å²) in [7, 11) is 0. The molecule has 0 saturated carbocycles. The number of alkyl halides is 1. The average molecular weight is 240 g/mol. The van der Waals surface area contributed by atoms with Crippen molar-refractivity contribution in [3.05, 3.63) is 29.8 Å². The van der Waals surface area contributed by atoms with Gasteiger partial charge in [-0.05, 0) is 24.6 Å². The Labute approximate surface area is 99.2 Å². The van der Waals surface area contributed by atoms with E-state index < -0.39 is 18.2 Å². The Hall–Kier alpha value is -1.62. The topological polar surface area (TPSA) is 72.5 Å². The van der Waals surface area contributed by atoms with Crippen molar-refractivity contribution in [2.75, 3.05) is 13.3 Å². The molecule has 0 aromatic heterocycles. The van der Waals surface area contributed by atoms with Gasteiger partial charge in [0, 0.05) is 6.42 Å². The third kappa shape index (κ3) is 4.03. The summed E-state index contributed by atoms with van der Waals surface area (Å²) in [6, 6.07) is 6.79. The van der Waals surface area contributed by atoms with E-state index in [9.17, 15) is 9.18 Å². The number of rotatable bonds is 6. The van der Waals surface area contributed by atoms with Crippen molar-refractivity contribution in [1.82, 2.24) is 0 Å². The Bertz CT molecular complexity index is 376. The van der Waals surface area contributed by atoms with Crippen LogP contribution < -0.4 is 10.5 Å². The van der Waals surface area contributed by atoms with E-state index in [1.54, 1.807) is 24.3 Å². The number of carbonyl (C=O) groups is 1. The largest absolute Gasteiger partial charge is 0.491 e. The molecule has 1 aromatic rings. The maximum absolute atomic E-state index is 11.9. The van der Waals surface area contributed by atoms with E-state index in [-0.39, 0.29) is 13.0 Å². The number of carboxylic acids is 1. The third-order valence-electron chi connectivity index (χ3n) is 2.33. The van der Waals surface area contributed by atoms with Crippen molar-refractivity contribution < 1.29 is 19.0 Å². The van der Waals surface area contributed by atoms with E-state index >= 15 is 0 Å². The average Bonchev–Trinajstić information content (AvgIpc) is 2.27. The maximum Gasteiger partial charge on any atom is 0.323 e. The fourth-order valence-corrected chi connectivity index (χ4v) is 1.36. The van der Waals surface area contributed by atoms with Gasteiger partial charge in [-0.2, -0.15) is 0 Å². The van der Waals surface area contributed by atoms with Crippen LogP contribution >= 0.6 is 0 Å². The van der Waals surface area contributed by atoms with Gasteiger partial charge in [0.2, 0.25) is 0 Å². The SMILES string of the molecule is C[C@](N)(Cc1ccc(OCC[18F])cc1)C(=O)O. The first kappa shape index (κ1) is 13.4. The molecule has 0 fully saturated rings. The van der Waals surface area contributed by atoms with Crippen LogP contribution in [-0.4, -0.2) is 29.9 Å². The molecule has 5 heteroatoms. The van der Waals surface area contributed by atoms with Crippen LogP contribution in [0.3, 0.4) is 0 Å². The summed E-state index contributed by atoms with van der Waals surface area (Å²) in [6.45, 7) is 0.938. The lowest BCUT2D eigenvalue weighted by Crippen LogP contribution is -2.46. The Morgan fingerprint density at radius 2 is 2.06 bits per heavy atom. The van der Waals surface area contributed by atoms with E-state index in [1.165, 1.54) is 6.92 Å². The van der Waals surface area contributed by atoms with E-state index in [0.29, 0.717) is 5.75 Å². The number of ether oxygens (including phenoxy) is 1. The minimum absolute atomic E-state index is 0.0169. The second kappa shape index (κ2) is 5.63. The molecule has 94 valence electrons. The minimum atomic E-state index is -1.29. The van der Waals surface area contributed by atoms with Gasteiger partial charge >= 0.3 is 5.97 Å². The van der Waals surface area contributed by atoms with Crippen molar-refractivity contribution in [3.8, 4) is 5.75 Å². The predicted molar refractivity (Wildman–Crippen MR) is 61.8 cm³/mol. The molecule has 3 N–H and O–H groups in total. The summed E-state index contributed by atoms with van der Waals surface area (Å²) in [6.07, 6.45) is 0.228. The number of aliphatic carboxylic acids is 1. The molecule has 0 bridgehead atoms. The van der Waals surface area contributed by atoms with Crippen LogP contribution in [0.4, 0.5) is 4.39 Å². The Morgan fingerprint density at radius 3 is 2.53 bits per heavy atom. The van der Waals surface area contributed by atoms with Gasteiger partial charge in [0.15, 0.2) is 0 Å². The molecule has 0 aliphatic rings. The van der Waals surface area contributed by atoms with Crippen molar-refractivity contribution in [2.45, 2.75) is 18.9 Å². The first-order valence-corrected chi connectivity index (χ1v) is 5.25. The van der Waals surface area contributed by atoms with Crippen LogP contribution in [0.5, 0.6) is 5.75 Å². The van der Waals surface area contributed by atoms with Crippen molar-refractivity contribution in [2.24, 2.45) is 5.73 Å². The molecule has 4 nitrogen and oxygen atoms in total. The lowest BCUT2D eigenvalue weighted by atomic mass is 9.94. The monoisotopic (exact) mass is 240 g/mol.